The summed E-state index contributed by atoms with van der Waals surface area (Å²) in [4.78, 5) is 23.8. The van der Waals surface area contributed by atoms with Crippen molar-refractivity contribution in [2.24, 2.45) is 0 Å². The monoisotopic (exact) mass is 475 g/mol. The van der Waals surface area contributed by atoms with E-state index < -0.39 is 40.5 Å². The number of methoxy groups -OCH3 is 2. The van der Waals surface area contributed by atoms with Crippen molar-refractivity contribution in [2.45, 2.75) is 11.3 Å². The summed E-state index contributed by atoms with van der Waals surface area (Å²) in [5, 5.41) is 2.73. The van der Waals surface area contributed by atoms with E-state index in [1.165, 1.54) is 32.4 Å². The molecule has 0 aliphatic rings. The summed E-state index contributed by atoms with van der Waals surface area (Å²) in [6.07, 6.45) is -0.457. The second-order valence-electron chi connectivity index (χ2n) is 5.92. The van der Waals surface area contributed by atoms with Gasteiger partial charge in [0.25, 0.3) is 5.91 Å². The van der Waals surface area contributed by atoms with Gasteiger partial charge >= 0.3 is 5.97 Å². The van der Waals surface area contributed by atoms with Crippen molar-refractivity contribution < 1.29 is 32.2 Å². The van der Waals surface area contributed by atoms with Crippen molar-refractivity contribution in [3.8, 4) is 11.5 Å². The maximum Gasteiger partial charge on any atom is 0.307 e. The van der Waals surface area contributed by atoms with Gasteiger partial charge in [0, 0.05) is 11.1 Å². The predicted molar refractivity (Wildman–Crippen MR) is 112 cm³/mol. The largest absolute Gasteiger partial charge is 0.497 e. The molecular weight excluding hydrogens is 457 g/mol. The third-order valence-corrected chi connectivity index (χ3v) is 6.27. The number of rotatable bonds is 9. The molecule has 0 saturated heterocycles. The van der Waals surface area contributed by atoms with E-state index in [0.29, 0.717) is 17.2 Å². The minimum Gasteiger partial charge on any atom is -0.497 e. The van der Waals surface area contributed by atoms with Crippen LogP contribution < -0.4 is 14.8 Å². The summed E-state index contributed by atoms with van der Waals surface area (Å²) in [5.41, 5.74) is 0.330. The third kappa shape index (κ3) is 6.51. The molecule has 8 nitrogen and oxygen atoms in total. The normalized spacial score (nSPS) is 10.9. The Hall–Kier alpha value is -2.49. The highest BCUT2D eigenvalue weighted by molar-refractivity contribution is 7.91. The van der Waals surface area contributed by atoms with Gasteiger partial charge in [-0.1, -0.05) is 23.2 Å². The lowest BCUT2D eigenvalue weighted by molar-refractivity contribution is -0.146. The smallest absolute Gasteiger partial charge is 0.307 e. The van der Waals surface area contributed by atoms with Crippen molar-refractivity contribution in [1.29, 1.82) is 0 Å². The van der Waals surface area contributed by atoms with Crippen molar-refractivity contribution in [3.63, 3.8) is 0 Å². The number of sulfone groups is 1. The number of esters is 1. The molecule has 162 valence electrons. The van der Waals surface area contributed by atoms with E-state index in [-0.39, 0.29) is 14.9 Å². The first-order valence-corrected chi connectivity index (χ1v) is 10.9. The molecule has 2 aromatic rings. The summed E-state index contributed by atoms with van der Waals surface area (Å²) in [6.45, 7) is -0.600. The van der Waals surface area contributed by atoms with Crippen LogP contribution in [0.3, 0.4) is 0 Å². The van der Waals surface area contributed by atoms with Crippen molar-refractivity contribution in [1.82, 2.24) is 0 Å². The lowest BCUT2D eigenvalue weighted by Gasteiger charge is -2.12. The fourth-order valence-electron chi connectivity index (χ4n) is 2.36. The summed E-state index contributed by atoms with van der Waals surface area (Å²) < 4.78 is 39.8. The topological polar surface area (TPSA) is 108 Å². The lowest BCUT2D eigenvalue weighted by atomic mass is 10.2. The van der Waals surface area contributed by atoms with E-state index >= 15 is 0 Å². The molecule has 0 aliphatic heterocycles. The number of hydrogen-bond acceptors (Lipinski definition) is 7. The van der Waals surface area contributed by atoms with E-state index in [4.69, 9.17) is 37.4 Å². The first-order valence-electron chi connectivity index (χ1n) is 8.51. The van der Waals surface area contributed by atoms with Crippen LogP contribution in [0.4, 0.5) is 5.69 Å². The summed E-state index contributed by atoms with van der Waals surface area (Å²) in [5.74, 6) is -1.15. The second-order valence-corrected chi connectivity index (χ2v) is 8.84. The van der Waals surface area contributed by atoms with Crippen LogP contribution in [0.5, 0.6) is 11.5 Å². The second kappa shape index (κ2) is 10.5. The molecule has 11 heteroatoms. The van der Waals surface area contributed by atoms with Gasteiger partial charge in [-0.2, -0.15) is 0 Å². The number of hydrogen-bond donors (Lipinski definition) is 1. The minimum atomic E-state index is -3.86. The molecule has 0 bridgehead atoms. The molecule has 30 heavy (non-hydrogen) atoms. The van der Waals surface area contributed by atoms with Crippen LogP contribution in [-0.4, -0.2) is 46.9 Å². The Kier molecular flexibility index (Phi) is 8.33. The molecular formula is C19H19Cl2NO7S. The van der Waals surface area contributed by atoms with Gasteiger partial charge in [-0.25, -0.2) is 8.42 Å². The molecule has 1 amide bonds. The Morgan fingerprint density at radius 3 is 2.43 bits per heavy atom. The average Bonchev–Trinajstić information content (AvgIpc) is 2.72. The quantitative estimate of drug-likeness (QED) is 0.553. The molecule has 1 N–H and O–H groups in total. The molecule has 0 aliphatic carbocycles. The van der Waals surface area contributed by atoms with Crippen molar-refractivity contribution >= 4 is 50.6 Å². The molecule has 0 radical (unpaired) electrons. The highest BCUT2D eigenvalue weighted by Crippen LogP contribution is 2.29. The zero-order valence-electron chi connectivity index (χ0n) is 16.1. The maximum absolute atomic E-state index is 12.4. The van der Waals surface area contributed by atoms with Crippen LogP contribution >= 0.6 is 23.2 Å². The number of benzene rings is 2. The Morgan fingerprint density at radius 1 is 1.03 bits per heavy atom. The Balaban J connectivity index is 1.90. The number of halogens is 2. The number of carbonyl (C=O) groups is 2. The molecule has 0 aromatic heterocycles. The van der Waals surface area contributed by atoms with Crippen molar-refractivity contribution in [3.05, 3.63) is 46.4 Å². The molecule has 0 saturated carbocycles. The standard InChI is InChI=1S/C19H19Cl2NO7S/c1-27-13-4-6-16(28-2)15(10-13)22-18(23)11-29-19(24)7-8-30(25,26)17-9-12(20)3-5-14(17)21/h3-6,9-10H,7-8,11H2,1-2H3,(H,22,23). The van der Waals surface area contributed by atoms with Crippen molar-refractivity contribution in [2.75, 3.05) is 31.9 Å². The Bertz CT molecular complexity index is 1040. The molecule has 2 rings (SSSR count). The van der Waals surface area contributed by atoms with E-state index in [0.717, 1.165) is 0 Å². The molecule has 0 fully saturated rings. The molecule has 0 unspecified atom stereocenters. The lowest BCUT2D eigenvalue weighted by Crippen LogP contribution is -2.22. The molecule has 0 atom stereocenters. The summed E-state index contributed by atoms with van der Waals surface area (Å²) >= 11 is 11.7. The SMILES string of the molecule is COc1ccc(OC)c(NC(=O)COC(=O)CCS(=O)(=O)c2cc(Cl)ccc2Cl)c1. The number of carbonyl (C=O) groups excluding carboxylic acids is 2. The number of amides is 1. The first kappa shape index (κ1) is 23.8. The first-order chi connectivity index (χ1) is 14.2. The average molecular weight is 476 g/mol. The fraction of sp³-hybridized carbons (Fsp3) is 0.263. The van der Waals surface area contributed by atoms with Crippen LogP contribution in [-0.2, 0) is 24.2 Å². The summed E-state index contributed by atoms with van der Waals surface area (Å²) in [7, 11) is -0.954. The predicted octanol–water partition coefficient (Wildman–Crippen LogP) is 3.36. The third-order valence-electron chi connectivity index (χ3n) is 3.85. The zero-order valence-corrected chi connectivity index (χ0v) is 18.4. The van der Waals surface area contributed by atoms with E-state index in [2.05, 4.69) is 5.32 Å². The molecule has 2 aromatic carbocycles. The van der Waals surface area contributed by atoms with Gasteiger partial charge in [-0.3, -0.25) is 9.59 Å². The fourth-order valence-corrected chi connectivity index (χ4v) is 4.39. The van der Waals surface area contributed by atoms with Gasteiger partial charge < -0.3 is 19.5 Å². The van der Waals surface area contributed by atoms with Crippen LogP contribution in [0, 0.1) is 0 Å². The van der Waals surface area contributed by atoms with E-state index in [1.54, 1.807) is 18.2 Å². The van der Waals surface area contributed by atoms with Gasteiger partial charge in [0.1, 0.15) is 11.5 Å². The van der Waals surface area contributed by atoms with Gasteiger partial charge in [0.15, 0.2) is 16.4 Å². The van der Waals surface area contributed by atoms with Gasteiger partial charge in [0.05, 0.1) is 42.0 Å². The Morgan fingerprint density at radius 2 is 1.77 bits per heavy atom. The zero-order chi connectivity index (χ0) is 22.3. The minimum absolute atomic E-state index is 0.000573. The number of ether oxygens (including phenoxy) is 3. The van der Waals surface area contributed by atoms with Crippen LogP contribution in [0.25, 0.3) is 0 Å². The van der Waals surface area contributed by atoms with E-state index in [9.17, 15) is 18.0 Å². The van der Waals surface area contributed by atoms with Crippen LogP contribution in [0.2, 0.25) is 10.0 Å². The maximum atomic E-state index is 12.4. The highest BCUT2D eigenvalue weighted by Gasteiger charge is 2.21. The summed E-state index contributed by atoms with van der Waals surface area (Å²) in [6, 6.07) is 8.81. The van der Waals surface area contributed by atoms with Crippen LogP contribution in [0.15, 0.2) is 41.3 Å². The van der Waals surface area contributed by atoms with Gasteiger partial charge in [-0.15, -0.1) is 0 Å². The molecule has 0 spiro atoms. The highest BCUT2D eigenvalue weighted by atomic mass is 35.5. The Labute approximate surface area is 183 Å². The van der Waals surface area contributed by atoms with E-state index in [1.807, 2.05) is 0 Å². The number of anilines is 1. The van der Waals surface area contributed by atoms with Gasteiger partial charge in [0.2, 0.25) is 0 Å². The molecule has 0 heterocycles. The van der Waals surface area contributed by atoms with Crippen LogP contribution in [0.1, 0.15) is 6.42 Å². The number of nitrogens with one attached hydrogen (secondary N) is 1. The van der Waals surface area contributed by atoms with Gasteiger partial charge in [-0.05, 0) is 30.3 Å².